The quantitative estimate of drug-likeness (QED) is 0.831. The van der Waals surface area contributed by atoms with E-state index in [9.17, 15) is 18.0 Å². The average molecular weight is 356 g/mol. The largest absolute Gasteiger partial charge is 0.416 e. The first-order valence-corrected chi connectivity index (χ1v) is 8.34. The standard InChI is InChI=1S/C15H15F3N4OS/c1-9-20-21-14(22(9)12-5-6-12)24-8-13(23)19-11-4-2-3-10(7-11)15(16,17)18/h2-4,7,12H,5-6,8H2,1H3,(H,19,23). The zero-order valence-corrected chi connectivity index (χ0v) is 13.6. The van der Waals surface area contributed by atoms with Gasteiger partial charge in [0, 0.05) is 11.7 Å². The topological polar surface area (TPSA) is 59.8 Å². The summed E-state index contributed by atoms with van der Waals surface area (Å²) in [5, 5.41) is 11.2. The lowest BCUT2D eigenvalue weighted by molar-refractivity contribution is -0.137. The molecular weight excluding hydrogens is 341 g/mol. The van der Waals surface area contributed by atoms with Crippen molar-refractivity contribution in [2.75, 3.05) is 11.1 Å². The molecule has 128 valence electrons. The lowest BCUT2D eigenvalue weighted by Gasteiger charge is -2.10. The molecule has 1 fully saturated rings. The first-order valence-electron chi connectivity index (χ1n) is 7.36. The van der Waals surface area contributed by atoms with Crippen LogP contribution in [0.15, 0.2) is 29.4 Å². The Morgan fingerprint density at radius 3 is 2.79 bits per heavy atom. The highest BCUT2D eigenvalue weighted by Crippen LogP contribution is 2.38. The third-order valence-corrected chi connectivity index (χ3v) is 4.50. The summed E-state index contributed by atoms with van der Waals surface area (Å²) < 4.78 is 40.0. The van der Waals surface area contributed by atoms with Gasteiger partial charge in [-0.2, -0.15) is 13.2 Å². The monoisotopic (exact) mass is 356 g/mol. The summed E-state index contributed by atoms with van der Waals surface area (Å²) in [6.07, 6.45) is -2.29. The molecule has 0 atom stereocenters. The molecule has 1 aromatic heterocycles. The molecule has 0 spiro atoms. The first kappa shape index (κ1) is 16.8. The van der Waals surface area contributed by atoms with E-state index < -0.39 is 11.7 Å². The van der Waals surface area contributed by atoms with Crippen molar-refractivity contribution in [1.29, 1.82) is 0 Å². The van der Waals surface area contributed by atoms with Crippen LogP contribution in [0.4, 0.5) is 18.9 Å². The smallest absolute Gasteiger partial charge is 0.325 e. The highest BCUT2D eigenvalue weighted by Gasteiger charge is 2.31. The number of rotatable bonds is 5. The number of carbonyl (C=O) groups excluding carboxylic acids is 1. The number of aryl methyl sites for hydroxylation is 1. The number of hydrogen-bond acceptors (Lipinski definition) is 4. The molecule has 1 heterocycles. The van der Waals surface area contributed by atoms with Crippen molar-refractivity contribution in [3.8, 4) is 0 Å². The van der Waals surface area contributed by atoms with E-state index in [4.69, 9.17) is 0 Å². The van der Waals surface area contributed by atoms with Crippen molar-refractivity contribution in [3.63, 3.8) is 0 Å². The molecule has 24 heavy (non-hydrogen) atoms. The van der Waals surface area contributed by atoms with E-state index in [1.807, 2.05) is 11.5 Å². The minimum absolute atomic E-state index is 0.0566. The lowest BCUT2D eigenvalue weighted by atomic mass is 10.2. The van der Waals surface area contributed by atoms with E-state index in [2.05, 4.69) is 15.5 Å². The minimum atomic E-state index is -4.44. The molecule has 3 rings (SSSR count). The molecule has 0 unspecified atom stereocenters. The number of benzene rings is 1. The van der Waals surface area contributed by atoms with Gasteiger partial charge in [-0.1, -0.05) is 17.8 Å². The number of thioether (sulfide) groups is 1. The van der Waals surface area contributed by atoms with Crippen LogP contribution in [-0.2, 0) is 11.0 Å². The second-order valence-corrected chi connectivity index (χ2v) is 6.49. The molecule has 0 saturated heterocycles. The molecule has 5 nitrogen and oxygen atoms in total. The summed E-state index contributed by atoms with van der Waals surface area (Å²) in [5.41, 5.74) is -0.674. The highest BCUT2D eigenvalue weighted by atomic mass is 32.2. The van der Waals surface area contributed by atoms with Crippen LogP contribution in [0.2, 0.25) is 0 Å². The molecule has 1 N–H and O–H groups in total. The van der Waals surface area contributed by atoms with Gasteiger partial charge >= 0.3 is 6.18 Å². The van der Waals surface area contributed by atoms with E-state index in [-0.39, 0.29) is 17.3 Å². The fraction of sp³-hybridized carbons (Fsp3) is 0.400. The first-order chi connectivity index (χ1) is 11.3. The number of amides is 1. The van der Waals surface area contributed by atoms with Crippen molar-refractivity contribution in [3.05, 3.63) is 35.7 Å². The number of carbonyl (C=O) groups is 1. The van der Waals surface area contributed by atoms with Crippen LogP contribution in [0.5, 0.6) is 0 Å². The fourth-order valence-corrected chi connectivity index (χ4v) is 3.15. The Balaban J connectivity index is 1.60. The number of hydrogen-bond donors (Lipinski definition) is 1. The van der Waals surface area contributed by atoms with Crippen LogP contribution in [0.1, 0.15) is 30.3 Å². The van der Waals surface area contributed by atoms with Gasteiger partial charge < -0.3 is 9.88 Å². The second kappa shape index (κ2) is 6.46. The summed E-state index contributed by atoms with van der Waals surface area (Å²) in [4.78, 5) is 12.0. The normalized spacial score (nSPS) is 14.7. The van der Waals surface area contributed by atoms with Crippen molar-refractivity contribution in [1.82, 2.24) is 14.8 Å². The van der Waals surface area contributed by atoms with Gasteiger partial charge in [-0.3, -0.25) is 4.79 Å². The summed E-state index contributed by atoms with van der Waals surface area (Å²) in [6, 6.07) is 4.96. The molecule has 1 saturated carbocycles. The number of nitrogens with zero attached hydrogens (tertiary/aromatic N) is 3. The summed E-state index contributed by atoms with van der Waals surface area (Å²) >= 11 is 1.23. The van der Waals surface area contributed by atoms with Crippen LogP contribution in [-0.4, -0.2) is 26.4 Å². The van der Waals surface area contributed by atoms with Gasteiger partial charge in [0.15, 0.2) is 5.16 Å². The number of anilines is 1. The molecule has 0 aliphatic heterocycles. The average Bonchev–Trinajstić information content (AvgIpc) is 3.28. The Bertz CT molecular complexity index is 755. The third kappa shape index (κ3) is 3.89. The zero-order chi connectivity index (χ0) is 17.3. The molecule has 0 bridgehead atoms. The van der Waals surface area contributed by atoms with Crippen molar-refractivity contribution < 1.29 is 18.0 Å². The molecular formula is C15H15F3N4OS. The predicted octanol–water partition coefficient (Wildman–Crippen LogP) is 3.67. The molecule has 9 heteroatoms. The highest BCUT2D eigenvalue weighted by molar-refractivity contribution is 7.99. The van der Waals surface area contributed by atoms with Crippen LogP contribution in [0.3, 0.4) is 0 Å². The van der Waals surface area contributed by atoms with Crippen LogP contribution >= 0.6 is 11.8 Å². The fourth-order valence-electron chi connectivity index (χ4n) is 2.30. The van der Waals surface area contributed by atoms with Gasteiger partial charge in [0.25, 0.3) is 0 Å². The van der Waals surface area contributed by atoms with E-state index in [1.54, 1.807) is 0 Å². The Morgan fingerprint density at radius 1 is 1.38 bits per heavy atom. The van der Waals surface area contributed by atoms with Gasteiger partial charge in [-0.15, -0.1) is 10.2 Å². The van der Waals surface area contributed by atoms with Gasteiger partial charge in [0.2, 0.25) is 5.91 Å². The van der Waals surface area contributed by atoms with E-state index in [1.165, 1.54) is 23.9 Å². The molecule has 0 radical (unpaired) electrons. The maximum absolute atomic E-state index is 12.7. The van der Waals surface area contributed by atoms with Crippen molar-refractivity contribution in [2.45, 2.75) is 37.1 Å². The van der Waals surface area contributed by atoms with Crippen molar-refractivity contribution in [2.24, 2.45) is 0 Å². The molecule has 2 aromatic rings. The van der Waals surface area contributed by atoms with Crippen LogP contribution < -0.4 is 5.32 Å². The van der Waals surface area contributed by atoms with E-state index in [0.29, 0.717) is 11.2 Å². The SMILES string of the molecule is Cc1nnc(SCC(=O)Nc2cccc(C(F)(F)F)c2)n1C1CC1. The Labute approximate surface area is 140 Å². The Morgan fingerprint density at radius 2 is 2.12 bits per heavy atom. The summed E-state index contributed by atoms with van der Waals surface area (Å²) in [6.45, 7) is 1.86. The number of nitrogens with one attached hydrogen (secondary N) is 1. The maximum atomic E-state index is 12.7. The minimum Gasteiger partial charge on any atom is -0.325 e. The number of alkyl halides is 3. The molecule has 1 amide bonds. The molecule has 1 aliphatic rings. The zero-order valence-electron chi connectivity index (χ0n) is 12.8. The van der Waals surface area contributed by atoms with Gasteiger partial charge in [0.05, 0.1) is 11.3 Å². The van der Waals surface area contributed by atoms with E-state index >= 15 is 0 Å². The Kier molecular flexibility index (Phi) is 4.53. The molecule has 1 aliphatic carbocycles. The number of halogens is 3. The summed E-state index contributed by atoms with van der Waals surface area (Å²) in [5.74, 6) is 0.474. The second-order valence-electron chi connectivity index (χ2n) is 5.55. The van der Waals surface area contributed by atoms with Gasteiger partial charge in [-0.25, -0.2) is 0 Å². The maximum Gasteiger partial charge on any atom is 0.416 e. The van der Waals surface area contributed by atoms with Crippen LogP contribution in [0.25, 0.3) is 0 Å². The van der Waals surface area contributed by atoms with Crippen LogP contribution in [0, 0.1) is 6.92 Å². The van der Waals surface area contributed by atoms with Gasteiger partial charge in [0.1, 0.15) is 5.82 Å². The van der Waals surface area contributed by atoms with E-state index in [0.717, 1.165) is 30.8 Å². The number of aromatic nitrogens is 3. The lowest BCUT2D eigenvalue weighted by Crippen LogP contribution is -2.15. The third-order valence-electron chi connectivity index (χ3n) is 3.55. The summed E-state index contributed by atoms with van der Waals surface area (Å²) in [7, 11) is 0. The predicted molar refractivity (Wildman–Crippen MR) is 83.8 cm³/mol. The Hall–Kier alpha value is -2.03. The van der Waals surface area contributed by atoms with Gasteiger partial charge in [-0.05, 0) is 38.0 Å². The molecule has 1 aromatic carbocycles. The van der Waals surface area contributed by atoms with Crippen molar-refractivity contribution >= 4 is 23.4 Å².